The van der Waals surface area contributed by atoms with Gasteiger partial charge in [0.25, 0.3) is 5.91 Å². The second-order valence-electron chi connectivity index (χ2n) is 5.21. The van der Waals surface area contributed by atoms with Gasteiger partial charge in [0.15, 0.2) is 11.5 Å². The molecule has 0 aliphatic rings. The van der Waals surface area contributed by atoms with E-state index in [1.54, 1.807) is 37.4 Å². The summed E-state index contributed by atoms with van der Waals surface area (Å²) >= 11 is 11.8. The summed E-state index contributed by atoms with van der Waals surface area (Å²) in [5.41, 5.74) is 1.43. The molecule has 0 fully saturated rings. The van der Waals surface area contributed by atoms with Gasteiger partial charge in [0.05, 0.1) is 22.8 Å². The maximum absolute atomic E-state index is 12.3. The van der Waals surface area contributed by atoms with E-state index in [2.05, 4.69) is 20.8 Å². The minimum atomic E-state index is -0.403. The number of para-hydroxylation sites is 2. The average molecular weight is 389 g/mol. The van der Waals surface area contributed by atoms with Gasteiger partial charge in [0.2, 0.25) is 0 Å². The number of rotatable bonds is 5. The first kappa shape index (κ1) is 18.0. The van der Waals surface area contributed by atoms with Crippen molar-refractivity contribution in [3.8, 4) is 5.75 Å². The Bertz CT molecular complexity index is 933. The SMILES string of the molecule is COc1ccccc1Nc1ccc(C(=O)Nc2ccc(Cl)c(Cl)c2)nn1. The van der Waals surface area contributed by atoms with Gasteiger partial charge in [-0.3, -0.25) is 4.79 Å². The molecule has 6 nitrogen and oxygen atoms in total. The molecule has 1 heterocycles. The number of aromatic nitrogens is 2. The summed E-state index contributed by atoms with van der Waals surface area (Å²) in [4.78, 5) is 12.3. The molecule has 26 heavy (non-hydrogen) atoms. The van der Waals surface area contributed by atoms with E-state index in [-0.39, 0.29) is 5.69 Å². The molecule has 0 atom stereocenters. The van der Waals surface area contributed by atoms with Crippen LogP contribution in [0.1, 0.15) is 10.5 Å². The molecule has 3 aromatic rings. The second kappa shape index (κ2) is 8.03. The standard InChI is InChI=1S/C18H14Cl2N4O2/c1-26-16-5-3-2-4-14(16)22-17-9-8-15(23-24-17)18(25)21-11-6-7-12(19)13(20)10-11/h2-10H,1H3,(H,21,25)(H,22,24). The van der Waals surface area contributed by atoms with Crippen molar-refractivity contribution in [1.82, 2.24) is 10.2 Å². The number of ether oxygens (including phenoxy) is 1. The molecule has 0 saturated heterocycles. The van der Waals surface area contributed by atoms with E-state index in [1.807, 2.05) is 24.3 Å². The number of anilines is 3. The van der Waals surface area contributed by atoms with Crippen molar-refractivity contribution in [2.75, 3.05) is 17.7 Å². The van der Waals surface area contributed by atoms with Crippen LogP contribution >= 0.6 is 23.2 Å². The molecular weight excluding hydrogens is 375 g/mol. The molecule has 2 aromatic carbocycles. The van der Waals surface area contributed by atoms with Crippen molar-refractivity contribution in [3.05, 3.63) is 70.3 Å². The molecule has 2 N–H and O–H groups in total. The Morgan fingerprint density at radius 1 is 1.00 bits per heavy atom. The van der Waals surface area contributed by atoms with E-state index >= 15 is 0 Å². The molecule has 0 bridgehead atoms. The Hall–Kier alpha value is -2.83. The molecule has 0 aliphatic heterocycles. The number of amides is 1. The lowest BCUT2D eigenvalue weighted by Crippen LogP contribution is -2.14. The molecule has 0 saturated carbocycles. The van der Waals surface area contributed by atoms with Crippen molar-refractivity contribution < 1.29 is 9.53 Å². The minimum absolute atomic E-state index is 0.168. The minimum Gasteiger partial charge on any atom is -0.495 e. The number of hydrogen-bond acceptors (Lipinski definition) is 5. The highest BCUT2D eigenvalue weighted by Gasteiger charge is 2.10. The summed E-state index contributed by atoms with van der Waals surface area (Å²) in [6, 6.07) is 15.5. The van der Waals surface area contributed by atoms with Crippen molar-refractivity contribution in [2.24, 2.45) is 0 Å². The van der Waals surface area contributed by atoms with Crippen molar-refractivity contribution in [2.45, 2.75) is 0 Å². The van der Waals surface area contributed by atoms with E-state index in [9.17, 15) is 4.79 Å². The Kier molecular flexibility index (Phi) is 5.55. The fraction of sp³-hybridized carbons (Fsp3) is 0.0556. The highest BCUT2D eigenvalue weighted by Crippen LogP contribution is 2.26. The molecule has 8 heteroatoms. The summed E-state index contributed by atoms with van der Waals surface area (Å²) in [5, 5.41) is 14.5. The third kappa shape index (κ3) is 4.22. The topological polar surface area (TPSA) is 76.1 Å². The molecule has 0 aliphatic carbocycles. The Morgan fingerprint density at radius 2 is 1.81 bits per heavy atom. The van der Waals surface area contributed by atoms with Crippen molar-refractivity contribution >= 4 is 46.3 Å². The zero-order valence-electron chi connectivity index (χ0n) is 13.7. The zero-order valence-corrected chi connectivity index (χ0v) is 15.2. The smallest absolute Gasteiger partial charge is 0.276 e. The second-order valence-corrected chi connectivity index (χ2v) is 6.03. The predicted octanol–water partition coefficient (Wildman–Crippen LogP) is 4.79. The molecular formula is C18H14Cl2N4O2. The third-order valence-corrected chi connectivity index (χ3v) is 4.18. The van der Waals surface area contributed by atoms with Crippen LogP contribution in [-0.2, 0) is 0 Å². The first-order valence-corrected chi connectivity index (χ1v) is 8.32. The maximum atomic E-state index is 12.3. The Labute approximate surface area is 160 Å². The molecule has 0 radical (unpaired) electrons. The summed E-state index contributed by atoms with van der Waals surface area (Å²) < 4.78 is 5.27. The number of benzene rings is 2. The highest BCUT2D eigenvalue weighted by molar-refractivity contribution is 6.42. The van der Waals surface area contributed by atoms with E-state index in [4.69, 9.17) is 27.9 Å². The van der Waals surface area contributed by atoms with Crippen molar-refractivity contribution in [1.29, 1.82) is 0 Å². The lowest BCUT2D eigenvalue weighted by atomic mass is 10.3. The van der Waals surface area contributed by atoms with Gasteiger partial charge in [-0.25, -0.2) is 0 Å². The molecule has 0 spiro atoms. The summed E-state index contributed by atoms with van der Waals surface area (Å²) in [6.07, 6.45) is 0. The maximum Gasteiger partial charge on any atom is 0.276 e. The van der Waals surface area contributed by atoms with Gasteiger partial charge < -0.3 is 15.4 Å². The fourth-order valence-corrected chi connectivity index (χ4v) is 2.47. The van der Waals surface area contributed by atoms with Gasteiger partial charge in [0.1, 0.15) is 5.75 Å². The summed E-state index contributed by atoms with van der Waals surface area (Å²) in [5.74, 6) is 0.760. The van der Waals surface area contributed by atoms with E-state index in [1.165, 1.54) is 0 Å². The monoisotopic (exact) mass is 388 g/mol. The van der Waals surface area contributed by atoms with Gasteiger partial charge in [-0.15, -0.1) is 10.2 Å². The average Bonchev–Trinajstić information content (AvgIpc) is 2.66. The van der Waals surface area contributed by atoms with Crippen molar-refractivity contribution in [3.63, 3.8) is 0 Å². The largest absolute Gasteiger partial charge is 0.495 e. The fourth-order valence-electron chi connectivity index (χ4n) is 2.17. The molecule has 0 unspecified atom stereocenters. The van der Waals surface area contributed by atoms with Gasteiger partial charge in [-0.1, -0.05) is 35.3 Å². The predicted molar refractivity (Wildman–Crippen MR) is 103 cm³/mol. The summed E-state index contributed by atoms with van der Waals surface area (Å²) in [6.45, 7) is 0. The number of nitrogens with zero attached hydrogens (tertiary/aromatic N) is 2. The Balaban J connectivity index is 1.70. The highest BCUT2D eigenvalue weighted by atomic mass is 35.5. The van der Waals surface area contributed by atoms with Crippen LogP contribution in [0.15, 0.2) is 54.6 Å². The van der Waals surface area contributed by atoms with Gasteiger partial charge in [-0.05, 0) is 42.5 Å². The van der Waals surface area contributed by atoms with Crippen LogP contribution in [0.5, 0.6) is 5.75 Å². The van der Waals surface area contributed by atoms with Crippen LogP contribution in [0.2, 0.25) is 10.0 Å². The van der Waals surface area contributed by atoms with Crippen LogP contribution in [-0.4, -0.2) is 23.2 Å². The number of hydrogen-bond donors (Lipinski definition) is 2. The summed E-state index contributed by atoms with van der Waals surface area (Å²) in [7, 11) is 1.59. The Morgan fingerprint density at radius 3 is 2.50 bits per heavy atom. The molecule has 132 valence electrons. The van der Waals surface area contributed by atoms with Crippen LogP contribution in [0, 0.1) is 0 Å². The molecule has 1 aromatic heterocycles. The van der Waals surface area contributed by atoms with E-state index in [0.717, 1.165) is 5.69 Å². The van der Waals surface area contributed by atoms with Crippen LogP contribution < -0.4 is 15.4 Å². The lowest BCUT2D eigenvalue weighted by Gasteiger charge is -2.10. The number of halogens is 2. The van der Waals surface area contributed by atoms with Crippen LogP contribution in [0.4, 0.5) is 17.2 Å². The lowest BCUT2D eigenvalue weighted by molar-refractivity contribution is 0.102. The first-order valence-electron chi connectivity index (χ1n) is 7.57. The normalized spacial score (nSPS) is 10.3. The van der Waals surface area contributed by atoms with Crippen LogP contribution in [0.3, 0.4) is 0 Å². The van der Waals surface area contributed by atoms with E-state index < -0.39 is 5.91 Å². The number of nitrogens with one attached hydrogen (secondary N) is 2. The number of carbonyl (C=O) groups excluding carboxylic acids is 1. The van der Waals surface area contributed by atoms with Crippen LogP contribution in [0.25, 0.3) is 0 Å². The molecule has 1 amide bonds. The van der Waals surface area contributed by atoms with Gasteiger partial charge in [-0.2, -0.15) is 0 Å². The number of carbonyl (C=O) groups is 1. The number of methoxy groups -OCH3 is 1. The third-order valence-electron chi connectivity index (χ3n) is 3.44. The molecule has 3 rings (SSSR count). The van der Waals surface area contributed by atoms with Gasteiger partial charge >= 0.3 is 0 Å². The van der Waals surface area contributed by atoms with E-state index in [0.29, 0.717) is 27.3 Å². The quantitative estimate of drug-likeness (QED) is 0.656. The van der Waals surface area contributed by atoms with Gasteiger partial charge in [0, 0.05) is 5.69 Å². The first-order chi connectivity index (χ1) is 12.6. The zero-order chi connectivity index (χ0) is 18.5.